The zero-order chi connectivity index (χ0) is 20.9. The van der Waals surface area contributed by atoms with Crippen molar-refractivity contribution < 1.29 is 13.2 Å². The van der Waals surface area contributed by atoms with Crippen LogP contribution in [0.1, 0.15) is 13.3 Å². The van der Waals surface area contributed by atoms with Crippen molar-refractivity contribution in [2.75, 3.05) is 16.4 Å². The van der Waals surface area contributed by atoms with E-state index in [4.69, 9.17) is 11.6 Å². The van der Waals surface area contributed by atoms with Crippen LogP contribution in [0.4, 0.5) is 16.2 Å². The van der Waals surface area contributed by atoms with E-state index >= 15 is 0 Å². The molecular weight excluding hydrogens is 408 g/mol. The largest absolute Gasteiger partial charge is 0.323 e. The van der Waals surface area contributed by atoms with Crippen LogP contribution in [-0.2, 0) is 9.84 Å². The summed E-state index contributed by atoms with van der Waals surface area (Å²) in [6.07, 6.45) is 0.516. The van der Waals surface area contributed by atoms with Crippen molar-refractivity contribution in [3.05, 3.63) is 77.8 Å². The fourth-order valence-electron chi connectivity index (χ4n) is 2.89. The molecule has 0 aliphatic heterocycles. The number of hydrogen-bond acceptors (Lipinski definition) is 3. The number of nitrogens with one attached hydrogen (secondary N) is 2. The van der Waals surface area contributed by atoms with Crippen LogP contribution in [0.2, 0.25) is 5.02 Å². The first-order valence-electron chi connectivity index (χ1n) is 9.15. The molecule has 0 radical (unpaired) electrons. The number of carbonyl (C=O) groups excluding carboxylic acids is 1. The molecule has 0 aliphatic rings. The van der Waals surface area contributed by atoms with Crippen LogP contribution in [0.15, 0.2) is 77.7 Å². The maximum Gasteiger partial charge on any atom is 0.323 e. The Labute approximate surface area is 175 Å². The van der Waals surface area contributed by atoms with Gasteiger partial charge in [-0.15, -0.1) is 0 Å². The fourth-order valence-corrected chi connectivity index (χ4v) is 4.37. The van der Waals surface area contributed by atoms with Gasteiger partial charge < -0.3 is 10.6 Å². The molecule has 2 amide bonds. The lowest BCUT2D eigenvalue weighted by Gasteiger charge is -2.14. The Morgan fingerprint density at radius 2 is 1.62 bits per heavy atom. The van der Waals surface area contributed by atoms with Crippen LogP contribution >= 0.6 is 11.6 Å². The Kier molecular flexibility index (Phi) is 6.56. The van der Waals surface area contributed by atoms with Crippen molar-refractivity contribution in [1.82, 2.24) is 0 Å². The van der Waals surface area contributed by atoms with E-state index in [9.17, 15) is 13.2 Å². The first-order chi connectivity index (χ1) is 13.9. The summed E-state index contributed by atoms with van der Waals surface area (Å²) < 4.78 is 25.0. The number of carbonyl (C=O) groups is 1. The van der Waals surface area contributed by atoms with Gasteiger partial charge in [0, 0.05) is 16.3 Å². The number of hydrogen-bond donors (Lipinski definition) is 2. The lowest BCUT2D eigenvalue weighted by atomic mass is 10.0. The molecule has 0 atom stereocenters. The Bertz CT molecular complexity index is 1100. The first-order valence-corrected chi connectivity index (χ1v) is 11.2. The standard InChI is InChI=1S/C22H21ClN2O3S/c1-2-14-29(27,28)19-12-13-20(16-6-4-3-5-7-16)21(15-19)25-22(26)24-18-10-8-17(23)9-11-18/h3-13,15H,2,14H2,1H3,(H2,24,25,26). The van der Waals surface area contributed by atoms with Crippen molar-refractivity contribution in [1.29, 1.82) is 0 Å². The Morgan fingerprint density at radius 3 is 2.28 bits per heavy atom. The third-order valence-electron chi connectivity index (χ3n) is 4.26. The molecule has 0 heterocycles. The first kappa shape index (κ1) is 20.9. The number of halogens is 1. The molecule has 0 saturated heterocycles. The molecule has 29 heavy (non-hydrogen) atoms. The normalized spacial score (nSPS) is 11.1. The summed E-state index contributed by atoms with van der Waals surface area (Å²) in [4.78, 5) is 12.7. The number of rotatable bonds is 6. The number of urea groups is 1. The van der Waals surface area contributed by atoms with Crippen LogP contribution in [0, 0.1) is 0 Å². The van der Waals surface area contributed by atoms with E-state index in [-0.39, 0.29) is 10.6 Å². The van der Waals surface area contributed by atoms with E-state index in [1.807, 2.05) is 37.3 Å². The zero-order valence-corrected chi connectivity index (χ0v) is 17.4. The highest BCUT2D eigenvalue weighted by atomic mass is 35.5. The second kappa shape index (κ2) is 9.11. The minimum Gasteiger partial charge on any atom is -0.308 e. The predicted octanol–water partition coefficient (Wildman–Crippen LogP) is 5.83. The summed E-state index contributed by atoms with van der Waals surface area (Å²) >= 11 is 5.87. The summed E-state index contributed by atoms with van der Waals surface area (Å²) in [5.41, 5.74) is 2.59. The third-order valence-corrected chi connectivity index (χ3v) is 6.43. The van der Waals surface area contributed by atoms with Crippen molar-refractivity contribution >= 4 is 38.8 Å². The zero-order valence-electron chi connectivity index (χ0n) is 15.9. The maximum atomic E-state index is 12.5. The average Bonchev–Trinajstić information content (AvgIpc) is 2.70. The van der Waals surface area contributed by atoms with Gasteiger partial charge in [-0.05, 0) is 48.4 Å². The lowest BCUT2D eigenvalue weighted by molar-refractivity contribution is 0.262. The van der Waals surface area contributed by atoms with Gasteiger partial charge >= 0.3 is 6.03 Å². The van der Waals surface area contributed by atoms with Gasteiger partial charge in [-0.3, -0.25) is 0 Å². The van der Waals surface area contributed by atoms with Crippen LogP contribution in [0.25, 0.3) is 11.1 Å². The van der Waals surface area contributed by atoms with Gasteiger partial charge in [-0.1, -0.05) is 54.9 Å². The molecular formula is C22H21ClN2O3S. The number of amides is 2. The molecule has 5 nitrogen and oxygen atoms in total. The lowest BCUT2D eigenvalue weighted by Crippen LogP contribution is -2.20. The summed E-state index contributed by atoms with van der Waals surface area (Å²) in [6, 6.07) is 20.5. The van der Waals surface area contributed by atoms with Gasteiger partial charge in [-0.2, -0.15) is 0 Å². The quantitative estimate of drug-likeness (QED) is 0.518. The second-order valence-corrected chi connectivity index (χ2v) is 9.02. The van der Waals surface area contributed by atoms with Gasteiger partial charge in [0.15, 0.2) is 9.84 Å². The molecule has 0 spiro atoms. The van der Waals surface area contributed by atoms with Crippen LogP contribution in [0.5, 0.6) is 0 Å². The van der Waals surface area contributed by atoms with Gasteiger partial charge in [0.25, 0.3) is 0 Å². The molecule has 7 heteroatoms. The summed E-state index contributed by atoms with van der Waals surface area (Å²) in [6.45, 7) is 1.81. The van der Waals surface area contributed by atoms with E-state index in [2.05, 4.69) is 10.6 Å². The van der Waals surface area contributed by atoms with Gasteiger partial charge in [0.1, 0.15) is 0 Å². The van der Waals surface area contributed by atoms with Crippen molar-refractivity contribution in [3.63, 3.8) is 0 Å². The highest BCUT2D eigenvalue weighted by Gasteiger charge is 2.17. The Morgan fingerprint density at radius 1 is 0.931 bits per heavy atom. The fraction of sp³-hybridized carbons (Fsp3) is 0.136. The molecule has 3 aromatic carbocycles. The highest BCUT2D eigenvalue weighted by Crippen LogP contribution is 2.31. The van der Waals surface area contributed by atoms with Gasteiger partial charge in [0.2, 0.25) is 0 Å². The topological polar surface area (TPSA) is 75.3 Å². The summed E-state index contributed by atoms with van der Waals surface area (Å²) in [5.74, 6) is 0.0497. The molecule has 2 N–H and O–H groups in total. The minimum atomic E-state index is -3.42. The monoisotopic (exact) mass is 428 g/mol. The molecule has 3 aromatic rings. The molecule has 0 aromatic heterocycles. The predicted molar refractivity (Wildman–Crippen MR) is 118 cm³/mol. The Balaban J connectivity index is 1.94. The Hall–Kier alpha value is -2.83. The number of anilines is 2. The van der Waals surface area contributed by atoms with E-state index in [1.54, 1.807) is 36.4 Å². The molecule has 3 rings (SSSR count). The highest BCUT2D eigenvalue weighted by molar-refractivity contribution is 7.91. The van der Waals surface area contributed by atoms with Crippen LogP contribution < -0.4 is 10.6 Å². The molecule has 0 saturated carbocycles. The van der Waals surface area contributed by atoms with Gasteiger partial charge in [0.05, 0.1) is 16.3 Å². The number of sulfone groups is 1. The average molecular weight is 429 g/mol. The van der Waals surface area contributed by atoms with E-state index in [1.165, 1.54) is 6.07 Å². The van der Waals surface area contributed by atoms with Gasteiger partial charge in [-0.25, -0.2) is 13.2 Å². The maximum absolute atomic E-state index is 12.5. The van der Waals surface area contributed by atoms with Crippen molar-refractivity contribution in [2.45, 2.75) is 18.2 Å². The van der Waals surface area contributed by atoms with E-state index in [0.717, 1.165) is 11.1 Å². The SMILES string of the molecule is CCCS(=O)(=O)c1ccc(-c2ccccc2)c(NC(=O)Nc2ccc(Cl)cc2)c1. The molecule has 0 unspecified atom stereocenters. The molecule has 0 fully saturated rings. The summed E-state index contributed by atoms with van der Waals surface area (Å²) in [7, 11) is -3.42. The molecule has 0 aliphatic carbocycles. The van der Waals surface area contributed by atoms with E-state index in [0.29, 0.717) is 22.8 Å². The van der Waals surface area contributed by atoms with Crippen molar-refractivity contribution in [2.24, 2.45) is 0 Å². The minimum absolute atomic E-state index is 0.0497. The van der Waals surface area contributed by atoms with Crippen molar-refractivity contribution in [3.8, 4) is 11.1 Å². The number of benzene rings is 3. The third kappa shape index (κ3) is 5.37. The smallest absolute Gasteiger partial charge is 0.308 e. The van der Waals surface area contributed by atoms with E-state index < -0.39 is 15.9 Å². The van der Waals surface area contributed by atoms with Crippen LogP contribution in [0.3, 0.4) is 0 Å². The second-order valence-electron chi connectivity index (χ2n) is 6.48. The van der Waals surface area contributed by atoms with Crippen LogP contribution in [-0.4, -0.2) is 20.2 Å². The molecule has 0 bridgehead atoms. The summed E-state index contributed by atoms with van der Waals surface area (Å²) in [5, 5.41) is 6.07. The molecule has 150 valence electrons.